The first-order valence-corrected chi connectivity index (χ1v) is 8.91. The number of nitrogens with zero attached hydrogens (tertiary/aromatic N) is 2. The van der Waals surface area contributed by atoms with Crippen molar-refractivity contribution in [1.29, 1.82) is 0 Å². The normalized spacial score (nSPS) is 13.4. The van der Waals surface area contributed by atoms with E-state index in [0.717, 1.165) is 49.2 Å². The van der Waals surface area contributed by atoms with Gasteiger partial charge in [-0.2, -0.15) is 0 Å². The van der Waals surface area contributed by atoms with Gasteiger partial charge >= 0.3 is 0 Å². The van der Waals surface area contributed by atoms with Gasteiger partial charge in [-0.1, -0.05) is 36.4 Å². The molecule has 4 nitrogen and oxygen atoms in total. The van der Waals surface area contributed by atoms with E-state index >= 15 is 0 Å². The molecule has 2 heterocycles. The summed E-state index contributed by atoms with van der Waals surface area (Å²) in [6.07, 6.45) is 0. The zero-order valence-corrected chi connectivity index (χ0v) is 15.1. The molecule has 3 aromatic rings. The number of hydrogen-bond donors (Lipinski definition) is 1. The number of carbonyl (C=O) groups is 1. The molecule has 4 heteroatoms. The van der Waals surface area contributed by atoms with Crippen molar-refractivity contribution >= 4 is 34.3 Å². The summed E-state index contributed by atoms with van der Waals surface area (Å²) in [7, 11) is 0. The van der Waals surface area contributed by atoms with Gasteiger partial charge in [0.1, 0.15) is 5.71 Å². The van der Waals surface area contributed by atoms with Gasteiger partial charge in [0.15, 0.2) is 0 Å². The maximum Gasteiger partial charge on any atom is 0.274 e. The van der Waals surface area contributed by atoms with Gasteiger partial charge in [-0.05, 0) is 49.2 Å². The van der Waals surface area contributed by atoms with Crippen LogP contribution in [0.2, 0.25) is 0 Å². The van der Waals surface area contributed by atoms with Crippen LogP contribution in [-0.2, 0) is 4.79 Å². The van der Waals surface area contributed by atoms with E-state index < -0.39 is 0 Å². The summed E-state index contributed by atoms with van der Waals surface area (Å²) >= 11 is 0. The van der Waals surface area contributed by atoms with E-state index in [-0.39, 0.29) is 5.91 Å². The lowest BCUT2D eigenvalue weighted by molar-refractivity contribution is -0.110. The minimum atomic E-state index is -0.188. The minimum absolute atomic E-state index is 0.188. The standard InChI is InChI=1S/C23H17N3O/c1-13-20-14(2)22(23(27)24-15-8-4-3-5-9-15)26-19(20)12-17-16-10-6-7-11-18(16)25-21(13)17/h3-12H,1-2H3,(H,24,27). The zero-order valence-electron chi connectivity index (χ0n) is 15.1. The fourth-order valence-electron chi connectivity index (χ4n) is 3.88. The Balaban J connectivity index is 1.67. The second kappa shape index (κ2) is 5.74. The fourth-order valence-corrected chi connectivity index (χ4v) is 3.88. The molecule has 27 heavy (non-hydrogen) atoms. The predicted molar refractivity (Wildman–Crippen MR) is 107 cm³/mol. The average molecular weight is 351 g/mol. The number of para-hydroxylation sites is 2. The van der Waals surface area contributed by atoms with Crippen molar-refractivity contribution in [2.24, 2.45) is 9.98 Å². The van der Waals surface area contributed by atoms with Gasteiger partial charge in [-0.3, -0.25) is 4.79 Å². The van der Waals surface area contributed by atoms with Crippen LogP contribution in [0.3, 0.4) is 0 Å². The monoisotopic (exact) mass is 351 g/mol. The molecule has 0 aliphatic carbocycles. The van der Waals surface area contributed by atoms with Gasteiger partial charge in [0, 0.05) is 21.3 Å². The first-order valence-electron chi connectivity index (χ1n) is 8.91. The Kier molecular flexibility index (Phi) is 3.34. The van der Waals surface area contributed by atoms with Crippen LogP contribution in [-0.4, -0.2) is 11.6 Å². The topological polar surface area (TPSA) is 53.8 Å². The molecule has 0 fully saturated rings. The Hall–Kier alpha value is -3.53. The first-order chi connectivity index (χ1) is 13.1. The molecule has 0 spiro atoms. The van der Waals surface area contributed by atoms with Crippen LogP contribution < -0.4 is 15.9 Å². The lowest BCUT2D eigenvalue weighted by Gasteiger charge is -2.05. The predicted octanol–water partition coefficient (Wildman–Crippen LogP) is 3.44. The van der Waals surface area contributed by atoms with E-state index in [1.807, 2.05) is 55.5 Å². The van der Waals surface area contributed by atoms with E-state index in [4.69, 9.17) is 4.99 Å². The molecular formula is C23H17N3O. The van der Waals surface area contributed by atoms with Crippen molar-refractivity contribution in [2.75, 3.05) is 5.32 Å². The highest BCUT2D eigenvalue weighted by Crippen LogP contribution is 2.28. The Labute approximate surface area is 155 Å². The van der Waals surface area contributed by atoms with E-state index in [1.165, 1.54) is 0 Å². The summed E-state index contributed by atoms with van der Waals surface area (Å²) < 4.78 is 0. The Morgan fingerprint density at radius 3 is 2.44 bits per heavy atom. The maximum atomic E-state index is 12.8. The molecule has 0 atom stereocenters. The summed E-state index contributed by atoms with van der Waals surface area (Å²) in [5.74, 6) is -0.188. The van der Waals surface area contributed by atoms with E-state index in [0.29, 0.717) is 5.71 Å². The summed E-state index contributed by atoms with van der Waals surface area (Å²) in [5.41, 5.74) is 5.02. The van der Waals surface area contributed by atoms with Gasteiger partial charge in [-0.25, -0.2) is 9.98 Å². The summed E-state index contributed by atoms with van der Waals surface area (Å²) in [5, 5.41) is 7.14. The molecule has 5 rings (SSSR count). The molecule has 0 bridgehead atoms. The number of anilines is 1. The Morgan fingerprint density at radius 2 is 1.63 bits per heavy atom. The molecule has 0 saturated heterocycles. The van der Waals surface area contributed by atoms with Crippen LogP contribution in [0, 0.1) is 17.4 Å². The Morgan fingerprint density at radius 1 is 0.889 bits per heavy atom. The molecular weight excluding hydrogens is 334 g/mol. The number of amides is 1. The van der Waals surface area contributed by atoms with Crippen LogP contribution in [0.15, 0.2) is 70.6 Å². The maximum absolute atomic E-state index is 12.8. The number of aliphatic imine (C=N–C) groups is 1. The second-order valence-electron chi connectivity index (χ2n) is 6.83. The van der Waals surface area contributed by atoms with Gasteiger partial charge in [0.2, 0.25) is 0 Å². The van der Waals surface area contributed by atoms with Crippen LogP contribution in [0.4, 0.5) is 17.1 Å². The van der Waals surface area contributed by atoms with Crippen molar-refractivity contribution in [3.63, 3.8) is 0 Å². The Bertz CT molecular complexity index is 1370. The van der Waals surface area contributed by atoms with E-state index in [2.05, 4.69) is 29.4 Å². The second-order valence-corrected chi connectivity index (χ2v) is 6.83. The van der Waals surface area contributed by atoms with Crippen molar-refractivity contribution in [3.05, 3.63) is 87.2 Å². The van der Waals surface area contributed by atoms with Crippen LogP contribution in [0.25, 0.3) is 5.57 Å². The van der Waals surface area contributed by atoms with E-state index in [9.17, 15) is 4.79 Å². The van der Waals surface area contributed by atoms with Crippen LogP contribution in [0.1, 0.15) is 12.5 Å². The molecule has 2 aliphatic heterocycles. The molecule has 130 valence electrons. The fraction of sp³-hybridized carbons (Fsp3) is 0.0870. The summed E-state index contributed by atoms with van der Waals surface area (Å²) in [6.45, 7) is 4.01. The zero-order chi connectivity index (χ0) is 18.5. The molecule has 2 aliphatic rings. The summed E-state index contributed by atoms with van der Waals surface area (Å²) in [4.78, 5) is 22.2. The van der Waals surface area contributed by atoms with Crippen LogP contribution in [0.5, 0.6) is 0 Å². The molecule has 0 saturated carbocycles. The first kappa shape index (κ1) is 15.7. The lowest BCUT2D eigenvalue weighted by Crippen LogP contribution is -2.23. The smallest absolute Gasteiger partial charge is 0.274 e. The molecule has 0 unspecified atom stereocenters. The van der Waals surface area contributed by atoms with Gasteiger partial charge in [0.25, 0.3) is 5.91 Å². The third-order valence-corrected chi connectivity index (χ3v) is 5.16. The van der Waals surface area contributed by atoms with Crippen molar-refractivity contribution in [3.8, 4) is 0 Å². The number of carbonyl (C=O) groups excluding carboxylic acids is 1. The van der Waals surface area contributed by atoms with E-state index in [1.54, 1.807) is 0 Å². The third kappa shape index (κ3) is 2.34. The molecule has 1 N–H and O–H groups in total. The van der Waals surface area contributed by atoms with Gasteiger partial charge < -0.3 is 5.32 Å². The number of nitrogens with one attached hydrogen (secondary N) is 1. The van der Waals surface area contributed by atoms with Crippen molar-refractivity contribution in [1.82, 2.24) is 0 Å². The lowest BCUT2D eigenvalue weighted by atomic mass is 10.0. The number of benzene rings is 3. The average Bonchev–Trinajstić information content (AvgIpc) is 3.22. The highest BCUT2D eigenvalue weighted by atomic mass is 16.1. The van der Waals surface area contributed by atoms with Crippen molar-refractivity contribution < 1.29 is 4.79 Å². The largest absolute Gasteiger partial charge is 0.321 e. The minimum Gasteiger partial charge on any atom is -0.321 e. The van der Waals surface area contributed by atoms with Crippen molar-refractivity contribution in [2.45, 2.75) is 13.8 Å². The molecule has 3 aromatic carbocycles. The highest BCUT2D eigenvalue weighted by molar-refractivity contribution is 6.57. The molecule has 1 amide bonds. The van der Waals surface area contributed by atoms with Crippen LogP contribution >= 0.6 is 0 Å². The van der Waals surface area contributed by atoms with Gasteiger partial charge in [0.05, 0.1) is 16.7 Å². The summed E-state index contributed by atoms with van der Waals surface area (Å²) in [6, 6.07) is 19.6. The molecule has 0 radical (unpaired) electrons. The SMILES string of the molecule is CC1=c2c(cc3c(c2C)N=c2ccccc2=3)N=C1C(=O)Nc1ccccc1. The number of rotatable bonds is 2. The number of fused-ring (bicyclic) bond motifs is 3. The third-order valence-electron chi connectivity index (χ3n) is 5.16. The number of hydrogen-bond acceptors (Lipinski definition) is 3. The quantitative estimate of drug-likeness (QED) is 0.591. The van der Waals surface area contributed by atoms with Gasteiger partial charge in [-0.15, -0.1) is 0 Å². The molecule has 0 aromatic heterocycles. The highest BCUT2D eigenvalue weighted by Gasteiger charge is 2.23.